The molecule has 1 aliphatic rings. The van der Waals surface area contributed by atoms with Gasteiger partial charge in [0.15, 0.2) is 0 Å². The SMILES string of the molecule is Cc1cccc(C)c1N1C(=O)C(=O)[C@H](c2nc3ccccc3s2)C(=Nc2cccc3c(=O)[nH][nH]c(=O)c23)C1=O. The molecule has 2 aromatic heterocycles. The van der Waals surface area contributed by atoms with E-state index in [1.165, 1.54) is 29.5 Å². The number of aromatic amines is 2. The van der Waals surface area contributed by atoms with Crippen molar-refractivity contribution >= 4 is 67.0 Å². The van der Waals surface area contributed by atoms with Crippen LogP contribution in [0.5, 0.6) is 0 Å². The van der Waals surface area contributed by atoms with Gasteiger partial charge < -0.3 is 0 Å². The van der Waals surface area contributed by atoms with Crippen molar-refractivity contribution in [2.24, 2.45) is 4.99 Å². The van der Waals surface area contributed by atoms with E-state index in [1.54, 1.807) is 44.2 Å². The van der Waals surface area contributed by atoms with Crippen molar-refractivity contribution in [1.29, 1.82) is 0 Å². The number of aliphatic imine (C=N–C) groups is 1. The van der Waals surface area contributed by atoms with Gasteiger partial charge in [0.05, 0.1) is 32.4 Å². The summed E-state index contributed by atoms with van der Waals surface area (Å²) in [7, 11) is 0. The van der Waals surface area contributed by atoms with Crippen molar-refractivity contribution in [3.63, 3.8) is 0 Å². The lowest BCUT2D eigenvalue weighted by atomic mass is 9.90. The summed E-state index contributed by atoms with van der Waals surface area (Å²) in [6, 6.07) is 16.9. The highest BCUT2D eigenvalue weighted by Crippen LogP contribution is 2.36. The molecule has 0 spiro atoms. The molecule has 3 aromatic carbocycles. The number of anilines is 1. The summed E-state index contributed by atoms with van der Waals surface area (Å²) in [6.07, 6.45) is 0. The Bertz CT molecular complexity index is 1970. The number of benzene rings is 3. The molecule has 1 fully saturated rings. The van der Waals surface area contributed by atoms with E-state index in [0.29, 0.717) is 22.3 Å². The first-order valence-corrected chi connectivity index (χ1v) is 12.7. The Morgan fingerprint density at radius 2 is 1.51 bits per heavy atom. The number of hydrogen-bond acceptors (Lipinski definition) is 8. The third kappa shape index (κ3) is 3.82. The minimum atomic E-state index is -1.39. The average molecular weight is 538 g/mol. The van der Waals surface area contributed by atoms with Gasteiger partial charge in [0, 0.05) is 0 Å². The fourth-order valence-corrected chi connectivity index (χ4v) is 5.91. The molecule has 0 radical (unpaired) electrons. The number of aryl methyl sites for hydroxylation is 2. The molecule has 0 unspecified atom stereocenters. The number of fused-ring (bicyclic) bond motifs is 2. The van der Waals surface area contributed by atoms with Crippen molar-refractivity contribution in [2.45, 2.75) is 19.8 Å². The third-order valence-electron chi connectivity index (χ3n) is 6.64. The summed E-state index contributed by atoms with van der Waals surface area (Å²) >= 11 is 1.18. The molecule has 6 rings (SSSR count). The van der Waals surface area contributed by atoms with E-state index in [1.807, 2.05) is 12.1 Å². The largest absolute Gasteiger partial charge is 0.302 e. The van der Waals surface area contributed by atoms with E-state index in [-0.39, 0.29) is 27.2 Å². The van der Waals surface area contributed by atoms with Crippen LogP contribution in [0.15, 0.2) is 75.2 Å². The highest BCUT2D eigenvalue weighted by Gasteiger charge is 2.49. The number of hydrogen-bond donors (Lipinski definition) is 2. The highest BCUT2D eigenvalue weighted by molar-refractivity contribution is 7.19. The predicted molar refractivity (Wildman–Crippen MR) is 148 cm³/mol. The Balaban J connectivity index is 1.64. The number of rotatable bonds is 3. The van der Waals surface area contributed by atoms with E-state index < -0.39 is 34.6 Å². The molecule has 2 N–H and O–H groups in total. The van der Waals surface area contributed by atoms with Gasteiger partial charge in [-0.3, -0.25) is 34.2 Å². The minimum Gasteiger partial charge on any atom is -0.287 e. The Morgan fingerprint density at radius 3 is 2.26 bits per heavy atom. The van der Waals surface area contributed by atoms with Gasteiger partial charge >= 0.3 is 5.91 Å². The van der Waals surface area contributed by atoms with Crippen LogP contribution in [0.4, 0.5) is 11.4 Å². The molecule has 5 aromatic rings. The topological polar surface area (TPSA) is 145 Å². The predicted octanol–water partition coefficient (Wildman–Crippen LogP) is 3.44. The van der Waals surface area contributed by atoms with Gasteiger partial charge in [0.25, 0.3) is 17.0 Å². The van der Waals surface area contributed by atoms with E-state index in [0.717, 1.165) is 9.60 Å². The first-order valence-electron chi connectivity index (χ1n) is 11.9. The first kappa shape index (κ1) is 24.3. The summed E-state index contributed by atoms with van der Waals surface area (Å²) in [4.78, 5) is 76.4. The number of aromatic nitrogens is 3. The molecule has 1 aliphatic heterocycles. The smallest absolute Gasteiger partial charge is 0.287 e. The van der Waals surface area contributed by atoms with Crippen LogP contribution in [0.1, 0.15) is 22.1 Å². The Morgan fingerprint density at radius 1 is 0.821 bits per heavy atom. The van der Waals surface area contributed by atoms with Crippen molar-refractivity contribution in [1.82, 2.24) is 15.2 Å². The van der Waals surface area contributed by atoms with Crippen LogP contribution in [-0.2, 0) is 14.4 Å². The fourth-order valence-electron chi connectivity index (χ4n) is 4.84. The zero-order valence-corrected chi connectivity index (χ0v) is 21.5. The maximum atomic E-state index is 14.1. The summed E-state index contributed by atoms with van der Waals surface area (Å²) in [6.45, 7) is 3.47. The Labute approximate surface area is 223 Å². The summed E-state index contributed by atoms with van der Waals surface area (Å²) < 4.78 is 0.768. The second-order valence-corrected chi connectivity index (χ2v) is 10.2. The third-order valence-corrected chi connectivity index (χ3v) is 7.74. The van der Waals surface area contributed by atoms with Crippen molar-refractivity contribution < 1.29 is 14.4 Å². The van der Waals surface area contributed by atoms with E-state index >= 15 is 0 Å². The normalized spacial score (nSPS) is 17.1. The molecule has 10 nitrogen and oxygen atoms in total. The van der Waals surface area contributed by atoms with Crippen LogP contribution in [-0.4, -0.2) is 38.5 Å². The zero-order chi connectivity index (χ0) is 27.4. The maximum absolute atomic E-state index is 14.1. The van der Waals surface area contributed by atoms with Crippen LogP contribution in [0.2, 0.25) is 0 Å². The molecule has 1 atom stereocenters. The van der Waals surface area contributed by atoms with E-state index in [9.17, 15) is 24.0 Å². The van der Waals surface area contributed by atoms with Crippen LogP contribution >= 0.6 is 11.3 Å². The number of nitrogens with one attached hydrogen (secondary N) is 2. The van der Waals surface area contributed by atoms with Gasteiger partial charge in [-0.1, -0.05) is 36.4 Å². The molecule has 0 saturated carbocycles. The van der Waals surface area contributed by atoms with Crippen molar-refractivity contribution in [2.75, 3.05) is 4.90 Å². The van der Waals surface area contributed by atoms with Gasteiger partial charge in [-0.25, -0.2) is 14.9 Å². The number of imide groups is 1. The molecule has 0 aliphatic carbocycles. The van der Waals surface area contributed by atoms with E-state index in [4.69, 9.17) is 0 Å². The summed E-state index contributed by atoms with van der Waals surface area (Å²) in [5.74, 6) is -4.06. The number of piperidine rings is 1. The second kappa shape index (κ2) is 9.07. The molecule has 0 bridgehead atoms. The van der Waals surface area contributed by atoms with Crippen LogP contribution in [0.3, 0.4) is 0 Å². The summed E-state index contributed by atoms with van der Waals surface area (Å²) in [5, 5.41) is 4.78. The molecule has 39 heavy (non-hydrogen) atoms. The molecule has 192 valence electrons. The standard InChI is InChI=1S/C28H19N5O5S/c1-13-7-5-8-14(2)22(13)33-27(37)21(29-17-11-6-9-15-19(17)25(36)32-31-24(15)35)20(23(34)28(33)38)26-30-16-10-3-4-12-18(16)39-26/h3-12,20H,1-2H3,(H,31,35)(H,32,36)/t20-/m1/s1. The monoisotopic (exact) mass is 537 g/mol. The molecule has 3 heterocycles. The van der Waals surface area contributed by atoms with Crippen LogP contribution < -0.4 is 16.0 Å². The first-order chi connectivity index (χ1) is 18.8. The summed E-state index contributed by atoms with van der Waals surface area (Å²) in [5.41, 5.74) is 0.710. The molecular weight excluding hydrogens is 518 g/mol. The number of nitrogens with zero attached hydrogens (tertiary/aromatic N) is 3. The maximum Gasteiger partial charge on any atom is 0.302 e. The Kier molecular flexibility index (Phi) is 5.65. The number of thiazole rings is 1. The van der Waals surface area contributed by atoms with E-state index in [2.05, 4.69) is 20.2 Å². The molecule has 2 amide bonds. The average Bonchev–Trinajstić information content (AvgIpc) is 3.35. The number of ketones is 1. The molecular formula is C28H19N5O5S. The van der Waals surface area contributed by atoms with Gasteiger partial charge in [-0.2, -0.15) is 0 Å². The van der Waals surface area contributed by atoms with Crippen LogP contribution in [0.25, 0.3) is 21.0 Å². The fraction of sp³-hybridized carbons (Fsp3) is 0.107. The number of para-hydroxylation sites is 2. The lowest BCUT2D eigenvalue weighted by Gasteiger charge is -2.31. The quantitative estimate of drug-likeness (QED) is 0.266. The lowest BCUT2D eigenvalue weighted by Crippen LogP contribution is -2.55. The van der Waals surface area contributed by atoms with Gasteiger partial charge in [0.1, 0.15) is 16.6 Å². The number of carbonyl (C=O) groups excluding carboxylic acids is 3. The molecule has 1 saturated heterocycles. The zero-order valence-electron chi connectivity index (χ0n) is 20.6. The number of H-pyrrole nitrogens is 2. The highest BCUT2D eigenvalue weighted by atomic mass is 32.1. The number of Topliss-reactive ketones (excluding diaryl/α,β-unsaturated/α-hetero) is 1. The lowest BCUT2D eigenvalue weighted by molar-refractivity contribution is -0.139. The van der Waals surface area contributed by atoms with Gasteiger partial charge in [-0.05, 0) is 49.2 Å². The second-order valence-electron chi connectivity index (χ2n) is 9.11. The Hall–Kier alpha value is -5.03. The van der Waals surface area contributed by atoms with Crippen molar-refractivity contribution in [3.05, 3.63) is 97.5 Å². The van der Waals surface area contributed by atoms with Gasteiger partial charge in [-0.15, -0.1) is 11.3 Å². The van der Waals surface area contributed by atoms with Crippen LogP contribution in [0, 0.1) is 13.8 Å². The van der Waals surface area contributed by atoms with Gasteiger partial charge in [0.2, 0.25) is 5.78 Å². The van der Waals surface area contributed by atoms with Crippen molar-refractivity contribution in [3.8, 4) is 0 Å². The number of amides is 2. The molecule has 11 heteroatoms. The number of carbonyl (C=O) groups is 3. The minimum absolute atomic E-state index is 0.0120.